The topological polar surface area (TPSA) is 118 Å². The van der Waals surface area contributed by atoms with E-state index in [1.807, 2.05) is 6.07 Å². The molecule has 1 aromatic heterocycles. The Bertz CT molecular complexity index is 1150. The fourth-order valence-electron chi connectivity index (χ4n) is 2.46. The normalized spacial score (nSPS) is 11.1. The third kappa shape index (κ3) is 6.18. The molecule has 0 saturated carbocycles. The van der Waals surface area contributed by atoms with Gasteiger partial charge < -0.3 is 5.32 Å². The largest absolute Gasteiger partial charge is 0.352 e. The molecule has 0 atom stereocenters. The quantitative estimate of drug-likeness (QED) is 0.482. The maximum Gasteiger partial charge on any atom is 0.251 e. The molecule has 0 saturated heterocycles. The predicted octanol–water partition coefficient (Wildman–Crippen LogP) is 2.69. The van der Waals surface area contributed by atoms with Gasteiger partial charge in [-0.25, -0.2) is 8.42 Å². The Morgan fingerprint density at radius 2 is 1.80 bits per heavy atom. The Morgan fingerprint density at radius 1 is 1.03 bits per heavy atom. The van der Waals surface area contributed by atoms with E-state index in [-0.39, 0.29) is 15.9 Å². The zero-order chi connectivity index (χ0) is 21.6. The summed E-state index contributed by atoms with van der Waals surface area (Å²) < 4.78 is 25.3. The van der Waals surface area contributed by atoms with Crippen molar-refractivity contribution in [2.45, 2.75) is 11.3 Å². The van der Waals surface area contributed by atoms with Gasteiger partial charge in [-0.1, -0.05) is 51.5 Å². The number of sulfone groups is 1. The van der Waals surface area contributed by atoms with E-state index in [0.29, 0.717) is 23.5 Å². The molecule has 2 aromatic carbocycles. The van der Waals surface area contributed by atoms with Gasteiger partial charge in [-0.3, -0.25) is 14.9 Å². The third-order valence-corrected chi connectivity index (χ3v) is 6.87. The minimum absolute atomic E-state index is 0.0827. The molecule has 0 aliphatic rings. The number of anilines is 1. The average Bonchev–Trinajstić information content (AvgIpc) is 3.15. The van der Waals surface area contributed by atoms with Gasteiger partial charge in [-0.05, 0) is 30.3 Å². The van der Waals surface area contributed by atoms with E-state index in [1.165, 1.54) is 12.1 Å². The van der Waals surface area contributed by atoms with E-state index in [2.05, 4.69) is 36.8 Å². The van der Waals surface area contributed by atoms with Gasteiger partial charge in [0.05, 0.1) is 4.90 Å². The summed E-state index contributed by atoms with van der Waals surface area (Å²) >= 11 is 4.45. The molecule has 156 valence electrons. The van der Waals surface area contributed by atoms with Gasteiger partial charge in [0.1, 0.15) is 10.8 Å². The highest BCUT2D eigenvalue weighted by atomic mass is 79.9. The first-order chi connectivity index (χ1) is 14.3. The number of nitrogens with zero attached hydrogens (tertiary/aromatic N) is 2. The van der Waals surface area contributed by atoms with Crippen LogP contribution in [0.15, 0.2) is 64.0 Å². The van der Waals surface area contributed by atoms with Crippen LogP contribution < -0.4 is 10.6 Å². The number of aromatic nitrogens is 2. The van der Waals surface area contributed by atoms with Gasteiger partial charge in [0.25, 0.3) is 5.91 Å². The van der Waals surface area contributed by atoms with Crippen LogP contribution in [0.2, 0.25) is 0 Å². The standard InChI is InChI=1S/C19H17BrN4O4S2/c20-14-6-4-5-13(11-14)18(26)21-10-9-17-23-24-19(29-17)22-16(25)12-30(27,28)15-7-2-1-3-8-15/h1-8,11H,9-10,12H2,(H,21,26)(H,22,24,25). The second-order valence-electron chi connectivity index (χ2n) is 6.14. The minimum Gasteiger partial charge on any atom is -0.352 e. The molecule has 2 N–H and O–H groups in total. The second-order valence-corrected chi connectivity index (χ2v) is 10.1. The average molecular weight is 509 g/mol. The van der Waals surface area contributed by atoms with Crippen molar-refractivity contribution in [2.75, 3.05) is 17.6 Å². The number of hydrogen-bond acceptors (Lipinski definition) is 7. The highest BCUT2D eigenvalue weighted by Crippen LogP contribution is 2.17. The van der Waals surface area contributed by atoms with E-state index in [4.69, 9.17) is 0 Å². The van der Waals surface area contributed by atoms with Crippen molar-refractivity contribution in [3.05, 3.63) is 69.6 Å². The van der Waals surface area contributed by atoms with Crippen LogP contribution in [0, 0.1) is 0 Å². The van der Waals surface area contributed by atoms with Crippen LogP contribution >= 0.6 is 27.3 Å². The maximum absolute atomic E-state index is 12.2. The second kappa shape index (κ2) is 9.92. The lowest BCUT2D eigenvalue weighted by atomic mass is 10.2. The fourth-order valence-corrected chi connectivity index (χ4v) is 4.77. The molecule has 0 unspecified atom stereocenters. The van der Waals surface area contributed by atoms with Crippen molar-refractivity contribution >= 4 is 54.0 Å². The van der Waals surface area contributed by atoms with Crippen molar-refractivity contribution in [2.24, 2.45) is 0 Å². The number of carbonyl (C=O) groups is 2. The lowest BCUT2D eigenvalue weighted by Gasteiger charge is -2.04. The summed E-state index contributed by atoms with van der Waals surface area (Å²) in [5.41, 5.74) is 0.536. The first-order valence-corrected chi connectivity index (χ1v) is 12.0. The van der Waals surface area contributed by atoms with Crippen molar-refractivity contribution < 1.29 is 18.0 Å². The molecule has 3 rings (SSSR count). The number of nitrogens with one attached hydrogen (secondary N) is 2. The number of halogens is 1. The summed E-state index contributed by atoms with van der Waals surface area (Å²) in [6, 6.07) is 14.8. The Morgan fingerprint density at radius 3 is 2.53 bits per heavy atom. The maximum atomic E-state index is 12.2. The van der Waals surface area contributed by atoms with E-state index >= 15 is 0 Å². The highest BCUT2D eigenvalue weighted by molar-refractivity contribution is 9.10. The molecule has 30 heavy (non-hydrogen) atoms. The third-order valence-electron chi connectivity index (χ3n) is 3.85. The van der Waals surface area contributed by atoms with Gasteiger partial charge in [0.15, 0.2) is 9.84 Å². The van der Waals surface area contributed by atoms with Crippen LogP contribution in [0.25, 0.3) is 0 Å². The van der Waals surface area contributed by atoms with Crippen molar-refractivity contribution in [3.63, 3.8) is 0 Å². The minimum atomic E-state index is -3.73. The van der Waals surface area contributed by atoms with Crippen LogP contribution in [0.3, 0.4) is 0 Å². The smallest absolute Gasteiger partial charge is 0.251 e. The molecule has 0 radical (unpaired) electrons. The van der Waals surface area contributed by atoms with E-state index in [1.54, 1.807) is 36.4 Å². The van der Waals surface area contributed by atoms with E-state index < -0.39 is 21.5 Å². The number of carbonyl (C=O) groups excluding carboxylic acids is 2. The monoisotopic (exact) mass is 508 g/mol. The molecule has 0 aliphatic heterocycles. The zero-order valence-electron chi connectivity index (χ0n) is 15.5. The van der Waals surface area contributed by atoms with Crippen LogP contribution in [-0.4, -0.2) is 42.7 Å². The van der Waals surface area contributed by atoms with Crippen molar-refractivity contribution in [3.8, 4) is 0 Å². The summed E-state index contributed by atoms with van der Waals surface area (Å²) in [6.07, 6.45) is 0.426. The molecule has 0 fully saturated rings. The summed E-state index contributed by atoms with van der Waals surface area (Å²) in [5, 5.41) is 13.9. The lowest BCUT2D eigenvalue weighted by molar-refractivity contribution is -0.113. The number of amides is 2. The van der Waals surface area contributed by atoms with E-state index in [9.17, 15) is 18.0 Å². The first kappa shape index (κ1) is 22.1. The molecule has 3 aromatic rings. The molecule has 11 heteroatoms. The van der Waals surface area contributed by atoms with Crippen molar-refractivity contribution in [1.29, 1.82) is 0 Å². The van der Waals surface area contributed by atoms with Gasteiger partial charge >= 0.3 is 0 Å². The molecular weight excluding hydrogens is 492 g/mol. The molecular formula is C19H17BrN4O4S2. The number of hydrogen-bond donors (Lipinski definition) is 2. The Hall–Kier alpha value is -2.63. The summed E-state index contributed by atoms with van der Waals surface area (Å²) in [4.78, 5) is 24.3. The Balaban J connectivity index is 1.49. The molecule has 8 nitrogen and oxygen atoms in total. The predicted molar refractivity (Wildman–Crippen MR) is 117 cm³/mol. The van der Waals surface area contributed by atoms with E-state index in [0.717, 1.165) is 15.8 Å². The zero-order valence-corrected chi connectivity index (χ0v) is 18.8. The first-order valence-electron chi connectivity index (χ1n) is 8.77. The Kier molecular flexibility index (Phi) is 7.29. The van der Waals surface area contributed by atoms with Gasteiger partial charge in [0, 0.05) is 23.0 Å². The molecule has 0 aliphatic carbocycles. The van der Waals surface area contributed by atoms with Crippen LogP contribution in [0.5, 0.6) is 0 Å². The Labute approximate surface area is 185 Å². The lowest BCUT2D eigenvalue weighted by Crippen LogP contribution is -2.25. The summed E-state index contributed by atoms with van der Waals surface area (Å²) in [6.45, 7) is 0.344. The molecule has 2 amide bonds. The molecule has 0 bridgehead atoms. The van der Waals surface area contributed by atoms with Gasteiger partial charge in [0.2, 0.25) is 11.0 Å². The number of benzene rings is 2. The van der Waals surface area contributed by atoms with Crippen molar-refractivity contribution in [1.82, 2.24) is 15.5 Å². The van der Waals surface area contributed by atoms with Gasteiger partial charge in [-0.2, -0.15) is 0 Å². The van der Waals surface area contributed by atoms with Crippen LogP contribution in [0.1, 0.15) is 15.4 Å². The highest BCUT2D eigenvalue weighted by Gasteiger charge is 2.20. The van der Waals surface area contributed by atoms with Crippen LogP contribution in [0.4, 0.5) is 5.13 Å². The fraction of sp³-hybridized carbons (Fsp3) is 0.158. The number of rotatable bonds is 8. The van der Waals surface area contributed by atoms with Gasteiger partial charge in [-0.15, -0.1) is 10.2 Å². The summed E-state index contributed by atoms with van der Waals surface area (Å²) in [7, 11) is -3.73. The SMILES string of the molecule is O=C(CS(=O)(=O)c1ccccc1)Nc1nnc(CCNC(=O)c2cccc(Br)c2)s1. The van der Waals surface area contributed by atoms with Crippen LogP contribution in [-0.2, 0) is 21.1 Å². The molecule has 0 spiro atoms. The molecule has 1 heterocycles. The summed E-state index contributed by atoms with van der Waals surface area (Å²) in [5.74, 6) is -1.58.